The van der Waals surface area contributed by atoms with Crippen LogP contribution in [-0.4, -0.2) is 31.6 Å². The molecule has 1 aliphatic carbocycles. The Bertz CT molecular complexity index is 284. The first-order valence-corrected chi connectivity index (χ1v) is 7.84. The Morgan fingerprint density at radius 2 is 2.07 bits per heavy atom. The second-order valence-corrected chi connectivity index (χ2v) is 7.09. The second kappa shape index (κ2) is 5.30. The van der Waals surface area contributed by atoms with Gasteiger partial charge in [-0.3, -0.25) is 0 Å². The molecule has 3 nitrogen and oxygen atoms in total. The number of hydrogen-bond donors (Lipinski definition) is 1. The number of hydrogen-bond acceptors (Lipinski definition) is 3. The maximum Gasteiger partial charge on any atom is 0.147 e. The van der Waals surface area contributed by atoms with E-state index in [9.17, 15) is 13.5 Å². The number of rotatable bonds is 5. The van der Waals surface area contributed by atoms with Crippen LogP contribution in [0, 0.1) is 11.8 Å². The molecular formula is C11H22O3S. The van der Waals surface area contributed by atoms with Crippen molar-refractivity contribution >= 4 is 9.84 Å². The summed E-state index contributed by atoms with van der Waals surface area (Å²) in [6.45, 7) is 2.18. The molecule has 0 aromatic heterocycles. The van der Waals surface area contributed by atoms with E-state index in [-0.39, 0.29) is 5.75 Å². The Morgan fingerprint density at radius 3 is 2.53 bits per heavy atom. The van der Waals surface area contributed by atoms with Crippen molar-refractivity contribution in [1.29, 1.82) is 0 Å². The minimum absolute atomic E-state index is 0.113. The van der Waals surface area contributed by atoms with E-state index in [0.717, 1.165) is 18.8 Å². The summed E-state index contributed by atoms with van der Waals surface area (Å²) < 4.78 is 21.9. The van der Waals surface area contributed by atoms with Gasteiger partial charge in [0.25, 0.3) is 0 Å². The molecule has 3 unspecified atom stereocenters. The summed E-state index contributed by atoms with van der Waals surface area (Å²) >= 11 is 0. The fraction of sp³-hybridized carbons (Fsp3) is 1.00. The SMILES string of the molecule is CCC1CCC(C(O)CCS(C)(=O)=O)C1. The van der Waals surface area contributed by atoms with E-state index < -0.39 is 15.9 Å². The van der Waals surface area contributed by atoms with Gasteiger partial charge in [-0.2, -0.15) is 0 Å². The van der Waals surface area contributed by atoms with Gasteiger partial charge in [0, 0.05) is 6.26 Å². The molecule has 0 radical (unpaired) electrons. The summed E-state index contributed by atoms with van der Waals surface area (Å²) in [7, 11) is -2.93. The predicted octanol–water partition coefficient (Wildman–Crippen LogP) is 1.61. The second-order valence-electron chi connectivity index (χ2n) is 4.83. The molecule has 1 rings (SSSR count). The fourth-order valence-corrected chi connectivity index (χ4v) is 3.07. The number of aliphatic hydroxyl groups excluding tert-OH is 1. The molecule has 0 aliphatic heterocycles. The normalized spacial score (nSPS) is 29.3. The summed E-state index contributed by atoms with van der Waals surface area (Å²) in [6.07, 6.45) is 5.71. The highest BCUT2D eigenvalue weighted by Crippen LogP contribution is 2.35. The van der Waals surface area contributed by atoms with Crippen LogP contribution in [0.3, 0.4) is 0 Å². The third-order valence-corrected chi connectivity index (χ3v) is 4.46. The standard InChI is InChI=1S/C11H22O3S/c1-3-9-4-5-10(8-9)11(12)6-7-15(2,13)14/h9-12H,3-8H2,1-2H3. The highest BCUT2D eigenvalue weighted by molar-refractivity contribution is 7.90. The van der Waals surface area contributed by atoms with Crippen molar-refractivity contribution in [1.82, 2.24) is 0 Å². The zero-order valence-electron chi connectivity index (χ0n) is 9.65. The van der Waals surface area contributed by atoms with Crippen LogP contribution in [0.1, 0.15) is 39.0 Å². The molecule has 0 spiro atoms. The van der Waals surface area contributed by atoms with Gasteiger partial charge in [0.15, 0.2) is 0 Å². The summed E-state index contributed by atoms with van der Waals surface area (Å²) in [6, 6.07) is 0. The van der Waals surface area contributed by atoms with Gasteiger partial charge in [-0.25, -0.2) is 8.42 Å². The molecule has 90 valence electrons. The average Bonchev–Trinajstić information content (AvgIpc) is 2.61. The topological polar surface area (TPSA) is 54.4 Å². The average molecular weight is 234 g/mol. The highest BCUT2D eigenvalue weighted by Gasteiger charge is 2.29. The summed E-state index contributed by atoms with van der Waals surface area (Å²) in [5.74, 6) is 1.18. The monoisotopic (exact) mass is 234 g/mol. The van der Waals surface area contributed by atoms with Crippen molar-refractivity contribution in [2.24, 2.45) is 11.8 Å². The first-order chi connectivity index (χ1) is 6.92. The van der Waals surface area contributed by atoms with Crippen molar-refractivity contribution in [3.8, 4) is 0 Å². The van der Waals surface area contributed by atoms with Crippen molar-refractivity contribution in [2.75, 3.05) is 12.0 Å². The Balaban J connectivity index is 2.32. The van der Waals surface area contributed by atoms with Gasteiger partial charge in [0.05, 0.1) is 11.9 Å². The Hall–Kier alpha value is -0.0900. The molecule has 3 atom stereocenters. The summed E-state index contributed by atoms with van der Waals surface area (Å²) in [5.41, 5.74) is 0. The van der Waals surface area contributed by atoms with Crippen LogP contribution in [0.5, 0.6) is 0 Å². The molecule has 0 heterocycles. The molecule has 0 bridgehead atoms. The Morgan fingerprint density at radius 1 is 1.40 bits per heavy atom. The minimum Gasteiger partial charge on any atom is -0.393 e. The molecule has 0 amide bonds. The van der Waals surface area contributed by atoms with Crippen LogP contribution in [-0.2, 0) is 9.84 Å². The maximum absolute atomic E-state index is 11.0. The fourth-order valence-electron chi connectivity index (χ4n) is 2.40. The first-order valence-electron chi connectivity index (χ1n) is 5.78. The van der Waals surface area contributed by atoms with Gasteiger partial charge in [-0.1, -0.05) is 19.8 Å². The number of aliphatic hydroxyl groups is 1. The van der Waals surface area contributed by atoms with E-state index in [0.29, 0.717) is 12.3 Å². The first kappa shape index (κ1) is 13.0. The van der Waals surface area contributed by atoms with Crippen molar-refractivity contribution < 1.29 is 13.5 Å². The minimum atomic E-state index is -2.93. The van der Waals surface area contributed by atoms with Gasteiger partial charge in [-0.05, 0) is 31.1 Å². The zero-order valence-corrected chi connectivity index (χ0v) is 10.5. The maximum atomic E-state index is 11.0. The summed E-state index contributed by atoms with van der Waals surface area (Å²) in [4.78, 5) is 0. The lowest BCUT2D eigenvalue weighted by Crippen LogP contribution is -2.21. The molecule has 15 heavy (non-hydrogen) atoms. The van der Waals surface area contributed by atoms with Crippen LogP contribution >= 0.6 is 0 Å². The van der Waals surface area contributed by atoms with E-state index in [1.807, 2.05) is 0 Å². The quantitative estimate of drug-likeness (QED) is 0.786. The molecule has 1 aliphatic rings. The van der Waals surface area contributed by atoms with E-state index >= 15 is 0 Å². The van der Waals surface area contributed by atoms with Gasteiger partial charge in [-0.15, -0.1) is 0 Å². The summed E-state index contributed by atoms with van der Waals surface area (Å²) in [5, 5.41) is 9.86. The van der Waals surface area contributed by atoms with E-state index in [4.69, 9.17) is 0 Å². The lowest BCUT2D eigenvalue weighted by molar-refractivity contribution is 0.105. The molecular weight excluding hydrogens is 212 g/mol. The molecule has 1 saturated carbocycles. The lowest BCUT2D eigenvalue weighted by Gasteiger charge is -2.17. The van der Waals surface area contributed by atoms with Crippen molar-refractivity contribution in [3.05, 3.63) is 0 Å². The smallest absolute Gasteiger partial charge is 0.147 e. The van der Waals surface area contributed by atoms with Crippen LogP contribution in [0.2, 0.25) is 0 Å². The third-order valence-electron chi connectivity index (χ3n) is 3.49. The molecule has 1 fully saturated rings. The molecule has 1 N–H and O–H groups in total. The van der Waals surface area contributed by atoms with E-state index in [1.54, 1.807) is 0 Å². The Labute approximate surface area is 92.8 Å². The van der Waals surface area contributed by atoms with Crippen LogP contribution in [0.25, 0.3) is 0 Å². The predicted molar refractivity (Wildman–Crippen MR) is 61.5 cm³/mol. The van der Waals surface area contributed by atoms with Gasteiger partial charge >= 0.3 is 0 Å². The van der Waals surface area contributed by atoms with E-state index in [2.05, 4.69) is 6.92 Å². The zero-order chi connectivity index (χ0) is 11.5. The highest BCUT2D eigenvalue weighted by atomic mass is 32.2. The molecule has 4 heteroatoms. The van der Waals surface area contributed by atoms with Crippen LogP contribution in [0.15, 0.2) is 0 Å². The van der Waals surface area contributed by atoms with Crippen molar-refractivity contribution in [3.63, 3.8) is 0 Å². The van der Waals surface area contributed by atoms with Gasteiger partial charge < -0.3 is 5.11 Å². The number of sulfone groups is 1. The van der Waals surface area contributed by atoms with Crippen LogP contribution in [0.4, 0.5) is 0 Å². The van der Waals surface area contributed by atoms with Crippen LogP contribution < -0.4 is 0 Å². The van der Waals surface area contributed by atoms with Gasteiger partial charge in [0.1, 0.15) is 9.84 Å². The van der Waals surface area contributed by atoms with Crippen molar-refractivity contribution in [2.45, 2.75) is 45.1 Å². The Kier molecular flexibility index (Phi) is 4.59. The van der Waals surface area contributed by atoms with Gasteiger partial charge in [0.2, 0.25) is 0 Å². The molecule has 0 saturated heterocycles. The largest absolute Gasteiger partial charge is 0.393 e. The molecule has 0 aromatic carbocycles. The molecule has 0 aromatic rings. The lowest BCUT2D eigenvalue weighted by atomic mass is 9.96. The van der Waals surface area contributed by atoms with E-state index in [1.165, 1.54) is 19.1 Å². The third kappa shape index (κ3) is 4.51.